The van der Waals surface area contributed by atoms with Crippen LogP contribution in [0.3, 0.4) is 0 Å². The maximum atomic E-state index is 10.1. The average molecular weight is 378 g/mol. The van der Waals surface area contributed by atoms with Crippen molar-refractivity contribution in [3.05, 3.63) is 23.8 Å². The first-order valence-corrected chi connectivity index (χ1v) is 9.73. The second-order valence-corrected chi connectivity index (χ2v) is 7.03. The lowest BCUT2D eigenvalue weighted by Gasteiger charge is -2.28. The Morgan fingerprint density at radius 1 is 1.26 bits per heavy atom. The number of ether oxygens (including phenoxy) is 3. The molecule has 3 rings (SSSR count). The highest BCUT2D eigenvalue weighted by molar-refractivity contribution is 5.80. The molecule has 7 heteroatoms. The molecule has 1 saturated carbocycles. The topological polar surface area (TPSA) is 72.8 Å². The summed E-state index contributed by atoms with van der Waals surface area (Å²) in [5, 5.41) is 14.0. The van der Waals surface area contributed by atoms with Crippen molar-refractivity contribution >= 4 is 6.21 Å². The van der Waals surface area contributed by atoms with E-state index in [1.54, 1.807) is 13.3 Å². The van der Waals surface area contributed by atoms with Crippen LogP contribution >= 0.6 is 0 Å². The summed E-state index contributed by atoms with van der Waals surface area (Å²) in [7, 11) is 1.64. The number of β-amino-alcohol motifs (C(OH)–C–C–N with tert-alkyl or cyclic N) is 1. The Kier molecular flexibility index (Phi) is 7.74. The minimum atomic E-state index is -0.572. The Morgan fingerprint density at radius 2 is 2.04 bits per heavy atom. The zero-order valence-corrected chi connectivity index (χ0v) is 16.0. The zero-order chi connectivity index (χ0) is 18.9. The highest BCUT2D eigenvalue weighted by Crippen LogP contribution is 2.32. The van der Waals surface area contributed by atoms with Gasteiger partial charge in [0, 0.05) is 25.2 Å². The van der Waals surface area contributed by atoms with E-state index in [0.717, 1.165) is 43.0 Å². The van der Waals surface area contributed by atoms with Gasteiger partial charge < -0.3 is 24.2 Å². The summed E-state index contributed by atoms with van der Waals surface area (Å²) in [6, 6.07) is 5.68. The van der Waals surface area contributed by atoms with Gasteiger partial charge in [0.1, 0.15) is 12.7 Å². The van der Waals surface area contributed by atoms with Crippen LogP contribution in [0.25, 0.3) is 0 Å². The van der Waals surface area contributed by atoms with E-state index in [4.69, 9.17) is 19.0 Å². The maximum Gasteiger partial charge on any atom is 0.162 e. The molecule has 27 heavy (non-hydrogen) atoms. The van der Waals surface area contributed by atoms with Gasteiger partial charge in [-0.1, -0.05) is 5.16 Å². The standard InChI is InChI=1S/C20H30N2O5/c1-24-19-7-6-16(12-20(19)27-18-4-2-3-5-18)13-21-26-15-17(23)14-22-8-10-25-11-9-22/h6-7,12-13,17-18,23H,2-5,8-11,14-15H2,1H3/b21-13-. The van der Waals surface area contributed by atoms with E-state index in [1.165, 1.54) is 12.8 Å². The van der Waals surface area contributed by atoms with Crippen molar-refractivity contribution in [2.75, 3.05) is 46.6 Å². The van der Waals surface area contributed by atoms with Gasteiger partial charge in [-0.15, -0.1) is 0 Å². The van der Waals surface area contributed by atoms with Crippen molar-refractivity contribution in [1.82, 2.24) is 4.90 Å². The van der Waals surface area contributed by atoms with Crippen LogP contribution in [0.5, 0.6) is 11.5 Å². The van der Waals surface area contributed by atoms with Crippen molar-refractivity contribution in [2.45, 2.75) is 37.9 Å². The van der Waals surface area contributed by atoms with Crippen LogP contribution in [0.15, 0.2) is 23.4 Å². The van der Waals surface area contributed by atoms with Crippen molar-refractivity contribution in [3.63, 3.8) is 0 Å². The van der Waals surface area contributed by atoms with Gasteiger partial charge in [-0.25, -0.2) is 0 Å². The van der Waals surface area contributed by atoms with Gasteiger partial charge in [0.15, 0.2) is 11.5 Å². The number of hydrogen-bond donors (Lipinski definition) is 1. The van der Waals surface area contributed by atoms with Crippen LogP contribution in [0, 0.1) is 0 Å². The average Bonchev–Trinajstić information content (AvgIpc) is 3.19. The van der Waals surface area contributed by atoms with Gasteiger partial charge >= 0.3 is 0 Å². The number of aliphatic hydroxyl groups is 1. The third-order valence-corrected chi connectivity index (χ3v) is 4.90. The number of methoxy groups -OCH3 is 1. The SMILES string of the molecule is COc1ccc(/C=N\OCC(O)CN2CCOCC2)cc1OC1CCCC1. The van der Waals surface area contributed by atoms with Crippen LogP contribution in [0.4, 0.5) is 0 Å². The number of rotatable bonds is 9. The number of nitrogens with zero attached hydrogens (tertiary/aromatic N) is 2. The molecule has 0 radical (unpaired) electrons. The molecule has 2 aliphatic rings. The van der Waals surface area contributed by atoms with Gasteiger partial charge in [-0.05, 0) is 43.9 Å². The quantitative estimate of drug-likeness (QED) is 0.524. The van der Waals surface area contributed by atoms with Gasteiger partial charge in [0.25, 0.3) is 0 Å². The normalized spacial score (nSPS) is 20.1. The van der Waals surface area contributed by atoms with Gasteiger partial charge in [-0.2, -0.15) is 0 Å². The lowest BCUT2D eigenvalue weighted by Crippen LogP contribution is -2.42. The van der Waals surface area contributed by atoms with Crippen LogP contribution in [0.1, 0.15) is 31.2 Å². The summed E-state index contributed by atoms with van der Waals surface area (Å²) < 4.78 is 16.8. The molecule has 1 unspecified atom stereocenters. The second-order valence-electron chi connectivity index (χ2n) is 7.03. The molecule has 0 aromatic heterocycles. The minimum absolute atomic E-state index is 0.162. The third-order valence-electron chi connectivity index (χ3n) is 4.90. The van der Waals surface area contributed by atoms with Gasteiger partial charge in [-0.3, -0.25) is 4.90 Å². The van der Waals surface area contributed by atoms with Crippen LogP contribution < -0.4 is 9.47 Å². The Hall–Kier alpha value is -1.83. The summed E-state index contributed by atoms with van der Waals surface area (Å²) in [6.45, 7) is 3.85. The third kappa shape index (κ3) is 6.37. The summed E-state index contributed by atoms with van der Waals surface area (Å²) in [5.74, 6) is 1.46. The summed E-state index contributed by atoms with van der Waals surface area (Å²) in [5.41, 5.74) is 0.867. The molecule has 1 aromatic rings. The molecule has 1 heterocycles. The Labute approximate surface area is 160 Å². The lowest BCUT2D eigenvalue weighted by atomic mass is 10.2. The summed E-state index contributed by atoms with van der Waals surface area (Å²) in [6.07, 6.45) is 5.93. The molecule has 2 fully saturated rings. The number of benzene rings is 1. The van der Waals surface area contributed by atoms with Crippen LogP contribution in [0.2, 0.25) is 0 Å². The Balaban J connectivity index is 1.47. The molecule has 1 saturated heterocycles. The predicted molar refractivity (Wildman–Crippen MR) is 103 cm³/mol. The predicted octanol–water partition coefficient (Wildman–Crippen LogP) is 2.06. The fourth-order valence-electron chi connectivity index (χ4n) is 3.41. The first kappa shape index (κ1) is 19.9. The Bertz CT molecular complexity index is 598. The number of morpholine rings is 1. The van der Waals surface area contributed by atoms with Crippen molar-refractivity contribution in [2.24, 2.45) is 5.16 Å². The zero-order valence-electron chi connectivity index (χ0n) is 16.0. The van der Waals surface area contributed by atoms with E-state index in [1.807, 2.05) is 18.2 Å². The van der Waals surface area contributed by atoms with E-state index >= 15 is 0 Å². The van der Waals surface area contributed by atoms with Crippen molar-refractivity contribution in [1.29, 1.82) is 0 Å². The highest BCUT2D eigenvalue weighted by Gasteiger charge is 2.18. The first-order valence-electron chi connectivity index (χ1n) is 9.73. The molecule has 1 aliphatic carbocycles. The second kappa shape index (κ2) is 10.5. The first-order chi connectivity index (χ1) is 13.2. The van der Waals surface area contributed by atoms with Crippen molar-refractivity contribution < 1.29 is 24.2 Å². The summed E-state index contributed by atoms with van der Waals surface area (Å²) in [4.78, 5) is 7.42. The fourth-order valence-corrected chi connectivity index (χ4v) is 3.41. The monoisotopic (exact) mass is 378 g/mol. The van der Waals surface area contributed by atoms with E-state index in [-0.39, 0.29) is 12.7 Å². The molecular weight excluding hydrogens is 348 g/mol. The summed E-state index contributed by atoms with van der Waals surface area (Å²) >= 11 is 0. The number of oxime groups is 1. The van der Waals surface area contributed by atoms with E-state index in [9.17, 15) is 5.11 Å². The number of aliphatic hydroxyl groups excluding tert-OH is 1. The van der Waals surface area contributed by atoms with E-state index < -0.39 is 6.10 Å². The molecular formula is C20H30N2O5. The molecule has 150 valence electrons. The maximum absolute atomic E-state index is 10.1. The van der Waals surface area contributed by atoms with E-state index in [0.29, 0.717) is 19.8 Å². The minimum Gasteiger partial charge on any atom is -0.493 e. The molecule has 1 aliphatic heterocycles. The Morgan fingerprint density at radius 3 is 2.78 bits per heavy atom. The molecule has 1 atom stereocenters. The molecule has 0 spiro atoms. The highest BCUT2D eigenvalue weighted by atomic mass is 16.6. The van der Waals surface area contributed by atoms with Crippen LogP contribution in [-0.4, -0.2) is 75.0 Å². The molecule has 1 N–H and O–H groups in total. The fraction of sp³-hybridized carbons (Fsp3) is 0.650. The smallest absolute Gasteiger partial charge is 0.162 e. The van der Waals surface area contributed by atoms with E-state index in [2.05, 4.69) is 10.1 Å². The largest absolute Gasteiger partial charge is 0.493 e. The lowest BCUT2D eigenvalue weighted by molar-refractivity contribution is -0.0128. The van der Waals surface area contributed by atoms with Gasteiger partial charge in [0.2, 0.25) is 0 Å². The molecule has 0 amide bonds. The molecule has 1 aromatic carbocycles. The number of hydrogen-bond acceptors (Lipinski definition) is 7. The molecule has 7 nitrogen and oxygen atoms in total. The van der Waals surface area contributed by atoms with Gasteiger partial charge in [0.05, 0.1) is 32.6 Å². The molecule has 0 bridgehead atoms. The van der Waals surface area contributed by atoms with Crippen LogP contribution in [-0.2, 0) is 9.57 Å². The van der Waals surface area contributed by atoms with Crippen molar-refractivity contribution in [3.8, 4) is 11.5 Å².